The van der Waals surface area contributed by atoms with E-state index in [9.17, 15) is 18.0 Å². The number of halogens is 3. The minimum absolute atomic E-state index is 0.105. The van der Waals surface area contributed by atoms with E-state index in [2.05, 4.69) is 4.98 Å². The van der Waals surface area contributed by atoms with Gasteiger partial charge in [0.05, 0.1) is 6.26 Å². The van der Waals surface area contributed by atoms with Crippen LogP contribution in [-0.2, 0) is 6.18 Å². The van der Waals surface area contributed by atoms with Gasteiger partial charge in [0.25, 0.3) is 0 Å². The Kier molecular flexibility index (Phi) is 2.66. The zero-order chi connectivity index (χ0) is 12.6. The van der Waals surface area contributed by atoms with E-state index in [1.54, 1.807) is 0 Å². The molecule has 0 amide bonds. The zero-order valence-electron chi connectivity index (χ0n) is 7.99. The minimum atomic E-state index is -4.80. The first-order chi connectivity index (χ1) is 7.89. The molecule has 2 heterocycles. The molecular weight excluding hydrogens is 259 g/mol. The maximum atomic E-state index is 12.5. The smallest absolute Gasteiger partial charge is 0.435 e. The van der Waals surface area contributed by atoms with E-state index < -0.39 is 22.7 Å². The van der Waals surface area contributed by atoms with Gasteiger partial charge in [0.1, 0.15) is 4.88 Å². The number of carbonyl (C=O) groups is 1. The first kappa shape index (κ1) is 11.6. The number of carboxylic acids is 1. The number of furan rings is 1. The van der Waals surface area contributed by atoms with Crippen molar-refractivity contribution in [3.05, 3.63) is 29.0 Å². The number of hydrogen-bond acceptors (Lipinski definition) is 4. The normalized spacial score (nSPS) is 11.7. The number of nitrogens with zero attached hydrogens (tertiary/aromatic N) is 1. The molecule has 0 aromatic carbocycles. The van der Waals surface area contributed by atoms with Crippen molar-refractivity contribution in [2.75, 3.05) is 0 Å². The topological polar surface area (TPSA) is 63.3 Å². The molecule has 2 aromatic heterocycles. The number of rotatable bonds is 2. The molecule has 0 aliphatic heterocycles. The highest BCUT2D eigenvalue weighted by molar-refractivity contribution is 7.16. The highest BCUT2D eigenvalue weighted by Gasteiger charge is 2.40. The SMILES string of the molecule is O=C(O)c1sc(-c2ccco2)nc1C(F)(F)F. The fraction of sp³-hybridized carbons (Fsp3) is 0.111. The first-order valence-electron chi connectivity index (χ1n) is 4.25. The van der Waals surface area contributed by atoms with Crippen LogP contribution in [0.2, 0.25) is 0 Å². The Labute approximate surface area is 96.3 Å². The van der Waals surface area contributed by atoms with Gasteiger partial charge in [-0.25, -0.2) is 9.78 Å². The molecule has 1 N–H and O–H groups in total. The second-order valence-corrected chi connectivity index (χ2v) is 3.98. The highest BCUT2D eigenvalue weighted by atomic mass is 32.1. The van der Waals surface area contributed by atoms with Crippen molar-refractivity contribution in [3.8, 4) is 10.8 Å². The van der Waals surface area contributed by atoms with E-state index in [0.717, 1.165) is 0 Å². The van der Waals surface area contributed by atoms with Crippen LogP contribution in [0.3, 0.4) is 0 Å². The summed E-state index contributed by atoms with van der Waals surface area (Å²) in [5, 5.41) is 8.57. The Bertz CT molecular complexity index is 544. The lowest BCUT2D eigenvalue weighted by Crippen LogP contribution is -2.11. The molecular formula is C9H4F3NO3S. The average molecular weight is 263 g/mol. The number of aromatic nitrogens is 1. The number of alkyl halides is 3. The van der Waals surface area contributed by atoms with Gasteiger partial charge in [-0.1, -0.05) is 0 Å². The van der Waals surface area contributed by atoms with Crippen LogP contribution in [0.5, 0.6) is 0 Å². The molecule has 0 spiro atoms. The summed E-state index contributed by atoms with van der Waals surface area (Å²) in [4.78, 5) is 13.1. The molecule has 90 valence electrons. The lowest BCUT2D eigenvalue weighted by atomic mass is 10.3. The van der Waals surface area contributed by atoms with Gasteiger partial charge in [-0.3, -0.25) is 0 Å². The van der Waals surface area contributed by atoms with Crippen molar-refractivity contribution in [1.82, 2.24) is 4.98 Å². The van der Waals surface area contributed by atoms with Crippen LogP contribution in [0.1, 0.15) is 15.4 Å². The zero-order valence-corrected chi connectivity index (χ0v) is 8.80. The lowest BCUT2D eigenvalue weighted by Gasteiger charge is -2.02. The molecule has 0 aliphatic rings. The van der Waals surface area contributed by atoms with E-state index in [1.165, 1.54) is 18.4 Å². The average Bonchev–Trinajstić information content (AvgIpc) is 2.85. The molecule has 0 aliphatic carbocycles. The third kappa shape index (κ3) is 2.16. The van der Waals surface area contributed by atoms with E-state index in [-0.39, 0.29) is 10.8 Å². The predicted molar refractivity (Wildman–Crippen MR) is 51.8 cm³/mol. The Balaban J connectivity index is 2.56. The van der Waals surface area contributed by atoms with Crippen molar-refractivity contribution in [1.29, 1.82) is 0 Å². The van der Waals surface area contributed by atoms with Crippen molar-refractivity contribution in [3.63, 3.8) is 0 Å². The molecule has 0 fully saturated rings. The summed E-state index contributed by atoms with van der Waals surface area (Å²) in [5.41, 5.74) is -1.40. The number of aromatic carboxylic acids is 1. The van der Waals surface area contributed by atoms with E-state index in [0.29, 0.717) is 11.3 Å². The van der Waals surface area contributed by atoms with Gasteiger partial charge in [-0.2, -0.15) is 13.2 Å². The maximum absolute atomic E-state index is 12.5. The van der Waals surface area contributed by atoms with Gasteiger partial charge in [-0.15, -0.1) is 11.3 Å². The second-order valence-electron chi connectivity index (χ2n) is 2.98. The van der Waals surface area contributed by atoms with Crippen LogP contribution in [0.15, 0.2) is 22.8 Å². The molecule has 0 saturated carbocycles. The Morgan fingerprint density at radius 3 is 2.59 bits per heavy atom. The molecule has 0 unspecified atom stereocenters. The molecule has 4 nitrogen and oxygen atoms in total. The van der Waals surface area contributed by atoms with Crippen LogP contribution in [0.25, 0.3) is 10.8 Å². The minimum Gasteiger partial charge on any atom is -0.477 e. The first-order valence-corrected chi connectivity index (χ1v) is 5.06. The molecule has 0 radical (unpaired) electrons. The quantitative estimate of drug-likeness (QED) is 0.904. The Morgan fingerprint density at radius 2 is 2.18 bits per heavy atom. The van der Waals surface area contributed by atoms with Crippen LogP contribution >= 0.6 is 11.3 Å². The van der Waals surface area contributed by atoms with E-state index in [1.807, 2.05) is 0 Å². The number of thiazole rings is 1. The number of hydrogen-bond donors (Lipinski definition) is 1. The van der Waals surface area contributed by atoms with Crippen LogP contribution in [0, 0.1) is 0 Å². The third-order valence-corrected chi connectivity index (χ3v) is 2.88. The van der Waals surface area contributed by atoms with Crippen molar-refractivity contribution < 1.29 is 27.5 Å². The summed E-state index contributed by atoms with van der Waals surface area (Å²) in [6.07, 6.45) is -3.53. The van der Waals surface area contributed by atoms with Gasteiger partial charge in [-0.05, 0) is 12.1 Å². The van der Waals surface area contributed by atoms with Gasteiger partial charge in [0, 0.05) is 0 Å². The fourth-order valence-electron chi connectivity index (χ4n) is 1.16. The van der Waals surface area contributed by atoms with Gasteiger partial charge in [0.15, 0.2) is 16.5 Å². The highest BCUT2D eigenvalue weighted by Crippen LogP contribution is 2.37. The molecule has 2 aromatic rings. The van der Waals surface area contributed by atoms with Gasteiger partial charge < -0.3 is 9.52 Å². The van der Waals surface area contributed by atoms with Gasteiger partial charge in [0.2, 0.25) is 0 Å². The van der Waals surface area contributed by atoms with Gasteiger partial charge >= 0.3 is 12.1 Å². The fourth-order valence-corrected chi connectivity index (χ4v) is 2.06. The summed E-state index contributed by atoms with van der Waals surface area (Å²) in [7, 11) is 0. The summed E-state index contributed by atoms with van der Waals surface area (Å²) in [5.74, 6) is -1.55. The summed E-state index contributed by atoms with van der Waals surface area (Å²) < 4.78 is 42.4. The molecule has 8 heteroatoms. The van der Waals surface area contributed by atoms with Crippen LogP contribution < -0.4 is 0 Å². The molecule has 0 atom stereocenters. The second kappa shape index (κ2) is 3.88. The molecule has 0 saturated heterocycles. The summed E-state index contributed by atoms with van der Waals surface area (Å²) >= 11 is 0.428. The summed E-state index contributed by atoms with van der Waals surface area (Å²) in [6.45, 7) is 0. The Hall–Kier alpha value is -1.83. The van der Waals surface area contributed by atoms with Crippen molar-refractivity contribution in [2.45, 2.75) is 6.18 Å². The third-order valence-electron chi connectivity index (χ3n) is 1.82. The number of carboxylic acid groups (broad SMARTS) is 1. The van der Waals surface area contributed by atoms with E-state index in [4.69, 9.17) is 9.52 Å². The molecule has 2 rings (SSSR count). The Morgan fingerprint density at radius 1 is 1.47 bits per heavy atom. The monoisotopic (exact) mass is 263 g/mol. The molecule has 0 bridgehead atoms. The lowest BCUT2D eigenvalue weighted by molar-refractivity contribution is -0.141. The maximum Gasteiger partial charge on any atom is 0.435 e. The summed E-state index contributed by atoms with van der Waals surface area (Å²) in [6, 6.07) is 2.88. The largest absolute Gasteiger partial charge is 0.477 e. The van der Waals surface area contributed by atoms with Crippen molar-refractivity contribution >= 4 is 17.3 Å². The van der Waals surface area contributed by atoms with Crippen molar-refractivity contribution in [2.24, 2.45) is 0 Å². The van der Waals surface area contributed by atoms with Crippen LogP contribution in [0.4, 0.5) is 13.2 Å². The van der Waals surface area contributed by atoms with Crippen LogP contribution in [-0.4, -0.2) is 16.1 Å². The van der Waals surface area contributed by atoms with E-state index >= 15 is 0 Å². The predicted octanol–water partition coefficient (Wildman–Crippen LogP) is 3.12. The molecule has 17 heavy (non-hydrogen) atoms. The standard InChI is InChI=1S/C9H4F3NO3S/c10-9(11,12)6-5(8(14)15)17-7(13-6)4-2-1-3-16-4/h1-3H,(H,14,15).